The molecule has 0 radical (unpaired) electrons. The lowest BCUT2D eigenvalue weighted by molar-refractivity contribution is 0.331. The molecule has 5 rings (SSSR count). The molecular weight excluding hydrogens is 336 g/mol. The molecule has 1 fully saturated rings. The third-order valence-corrected chi connectivity index (χ3v) is 5.26. The highest BCUT2D eigenvalue weighted by atomic mass is 15.4. The molecule has 2 aromatic heterocycles. The normalized spacial score (nSPS) is 15.0. The molecule has 27 heavy (non-hydrogen) atoms. The van der Waals surface area contributed by atoms with Crippen LogP contribution in [0.2, 0.25) is 0 Å². The Morgan fingerprint density at radius 2 is 1.85 bits per heavy atom. The van der Waals surface area contributed by atoms with Gasteiger partial charge in [0.2, 0.25) is 0 Å². The maximum Gasteiger partial charge on any atom is 0.134 e. The van der Waals surface area contributed by atoms with Gasteiger partial charge in [0, 0.05) is 11.9 Å². The van der Waals surface area contributed by atoms with Gasteiger partial charge in [-0.3, -0.25) is 10.00 Å². The largest absolute Gasteiger partial charge is 0.299 e. The summed E-state index contributed by atoms with van der Waals surface area (Å²) in [5.74, 6) is 0. The number of aromatic amines is 1. The summed E-state index contributed by atoms with van der Waals surface area (Å²) in [6, 6.07) is 14.8. The van der Waals surface area contributed by atoms with E-state index in [0.717, 1.165) is 34.5 Å². The molecule has 0 amide bonds. The first-order chi connectivity index (χ1) is 13.3. The van der Waals surface area contributed by atoms with Crippen LogP contribution in [0, 0.1) is 6.92 Å². The van der Waals surface area contributed by atoms with Crippen molar-refractivity contribution in [1.29, 1.82) is 0 Å². The quantitative estimate of drug-likeness (QED) is 0.604. The topological polar surface area (TPSA) is 62.6 Å². The fraction of sp³-hybridized carbons (Fsp3) is 0.286. The molecule has 0 spiro atoms. The fourth-order valence-corrected chi connectivity index (χ4v) is 3.77. The van der Waals surface area contributed by atoms with E-state index < -0.39 is 0 Å². The molecule has 136 valence electrons. The molecule has 0 aliphatic carbocycles. The minimum Gasteiger partial charge on any atom is -0.299 e. The molecule has 6 heteroatoms. The monoisotopic (exact) mass is 358 g/mol. The molecular formula is C21H22N6. The highest BCUT2D eigenvalue weighted by molar-refractivity contribution is 5.92. The number of nitrogens with one attached hydrogen (secondary N) is 1. The van der Waals surface area contributed by atoms with E-state index in [1.807, 2.05) is 16.9 Å². The SMILES string of the molecule is Cc1ccc2[nH]nc(-c3cn(-c4ccc(CN5CCCC5)cc4)nn3)c2c1. The molecule has 1 N–H and O–H groups in total. The summed E-state index contributed by atoms with van der Waals surface area (Å²) in [5, 5.41) is 17.2. The summed E-state index contributed by atoms with van der Waals surface area (Å²) in [6.07, 6.45) is 4.58. The van der Waals surface area contributed by atoms with Gasteiger partial charge in [0.25, 0.3) is 0 Å². The molecule has 0 atom stereocenters. The van der Waals surface area contributed by atoms with Gasteiger partial charge in [-0.25, -0.2) is 4.68 Å². The zero-order valence-electron chi connectivity index (χ0n) is 15.4. The molecule has 1 saturated heterocycles. The van der Waals surface area contributed by atoms with Gasteiger partial charge in [0.1, 0.15) is 11.4 Å². The Kier molecular flexibility index (Phi) is 3.98. The second-order valence-electron chi connectivity index (χ2n) is 7.32. The number of hydrogen-bond acceptors (Lipinski definition) is 4. The van der Waals surface area contributed by atoms with Gasteiger partial charge in [-0.1, -0.05) is 29.0 Å². The lowest BCUT2D eigenvalue weighted by atomic mass is 10.1. The van der Waals surface area contributed by atoms with Crippen LogP contribution in [0.15, 0.2) is 48.7 Å². The van der Waals surface area contributed by atoms with E-state index in [1.165, 1.54) is 37.1 Å². The molecule has 0 bridgehead atoms. The number of fused-ring (bicyclic) bond motifs is 1. The van der Waals surface area contributed by atoms with Gasteiger partial charge < -0.3 is 0 Å². The number of likely N-dealkylation sites (tertiary alicyclic amines) is 1. The predicted molar refractivity (Wildman–Crippen MR) is 106 cm³/mol. The molecule has 0 unspecified atom stereocenters. The smallest absolute Gasteiger partial charge is 0.134 e. The highest BCUT2D eigenvalue weighted by Gasteiger charge is 2.14. The van der Waals surface area contributed by atoms with Crippen LogP contribution in [-0.2, 0) is 6.54 Å². The summed E-state index contributed by atoms with van der Waals surface area (Å²) >= 11 is 0. The third-order valence-electron chi connectivity index (χ3n) is 5.26. The second-order valence-corrected chi connectivity index (χ2v) is 7.32. The minimum atomic E-state index is 0.771. The van der Waals surface area contributed by atoms with E-state index in [1.54, 1.807) is 0 Å². The first kappa shape index (κ1) is 16.2. The van der Waals surface area contributed by atoms with E-state index in [9.17, 15) is 0 Å². The van der Waals surface area contributed by atoms with Crippen LogP contribution >= 0.6 is 0 Å². The van der Waals surface area contributed by atoms with Crippen molar-refractivity contribution in [2.75, 3.05) is 13.1 Å². The van der Waals surface area contributed by atoms with Crippen molar-refractivity contribution in [2.45, 2.75) is 26.3 Å². The summed E-state index contributed by atoms with van der Waals surface area (Å²) in [6.45, 7) is 5.54. The molecule has 4 aromatic rings. The lowest BCUT2D eigenvalue weighted by Gasteiger charge is -2.14. The van der Waals surface area contributed by atoms with Gasteiger partial charge in [-0.15, -0.1) is 5.10 Å². The van der Waals surface area contributed by atoms with Crippen molar-refractivity contribution >= 4 is 10.9 Å². The van der Waals surface area contributed by atoms with Crippen molar-refractivity contribution in [1.82, 2.24) is 30.1 Å². The van der Waals surface area contributed by atoms with Crippen LogP contribution < -0.4 is 0 Å². The van der Waals surface area contributed by atoms with E-state index in [2.05, 4.69) is 68.7 Å². The zero-order valence-corrected chi connectivity index (χ0v) is 15.4. The molecule has 3 heterocycles. The van der Waals surface area contributed by atoms with Crippen molar-refractivity contribution in [3.8, 4) is 17.1 Å². The number of benzene rings is 2. The second kappa shape index (κ2) is 6.63. The van der Waals surface area contributed by atoms with Crippen LogP contribution in [-0.4, -0.2) is 43.2 Å². The van der Waals surface area contributed by atoms with Crippen LogP contribution in [0.5, 0.6) is 0 Å². The molecule has 1 aliphatic heterocycles. The van der Waals surface area contributed by atoms with Crippen LogP contribution in [0.4, 0.5) is 0 Å². The Morgan fingerprint density at radius 1 is 1.04 bits per heavy atom. The molecule has 2 aromatic carbocycles. The Morgan fingerprint density at radius 3 is 2.67 bits per heavy atom. The Bertz CT molecular complexity index is 1070. The zero-order chi connectivity index (χ0) is 18.2. The summed E-state index contributed by atoms with van der Waals surface area (Å²) in [7, 11) is 0. The summed E-state index contributed by atoms with van der Waals surface area (Å²) in [4.78, 5) is 2.51. The van der Waals surface area contributed by atoms with E-state index >= 15 is 0 Å². The van der Waals surface area contributed by atoms with Crippen LogP contribution in [0.1, 0.15) is 24.0 Å². The summed E-state index contributed by atoms with van der Waals surface area (Å²) < 4.78 is 1.81. The van der Waals surface area contributed by atoms with Crippen molar-refractivity contribution in [3.63, 3.8) is 0 Å². The number of rotatable bonds is 4. The van der Waals surface area contributed by atoms with E-state index in [0.29, 0.717) is 0 Å². The van der Waals surface area contributed by atoms with Crippen molar-refractivity contribution in [3.05, 3.63) is 59.8 Å². The van der Waals surface area contributed by atoms with Gasteiger partial charge in [0.15, 0.2) is 0 Å². The lowest BCUT2D eigenvalue weighted by Crippen LogP contribution is -2.18. The van der Waals surface area contributed by atoms with Gasteiger partial charge in [-0.05, 0) is 62.7 Å². The number of hydrogen-bond donors (Lipinski definition) is 1. The van der Waals surface area contributed by atoms with Crippen molar-refractivity contribution < 1.29 is 0 Å². The highest BCUT2D eigenvalue weighted by Crippen LogP contribution is 2.26. The van der Waals surface area contributed by atoms with Crippen LogP contribution in [0.25, 0.3) is 28.0 Å². The number of aryl methyl sites for hydroxylation is 1. The van der Waals surface area contributed by atoms with E-state index in [4.69, 9.17) is 0 Å². The minimum absolute atomic E-state index is 0.771. The number of aromatic nitrogens is 5. The van der Waals surface area contributed by atoms with E-state index in [-0.39, 0.29) is 0 Å². The average molecular weight is 358 g/mol. The predicted octanol–water partition coefficient (Wildman–Crippen LogP) is 3.71. The van der Waals surface area contributed by atoms with Gasteiger partial charge >= 0.3 is 0 Å². The maximum atomic E-state index is 4.44. The Hall–Kier alpha value is -2.99. The van der Waals surface area contributed by atoms with Crippen molar-refractivity contribution in [2.24, 2.45) is 0 Å². The fourth-order valence-electron chi connectivity index (χ4n) is 3.77. The maximum absolute atomic E-state index is 4.44. The number of nitrogens with zero attached hydrogens (tertiary/aromatic N) is 5. The Balaban J connectivity index is 1.40. The first-order valence-electron chi connectivity index (χ1n) is 9.45. The average Bonchev–Trinajstić information content (AvgIpc) is 3.42. The molecule has 0 saturated carbocycles. The Labute approximate surface area is 157 Å². The number of H-pyrrole nitrogens is 1. The molecule has 6 nitrogen and oxygen atoms in total. The van der Waals surface area contributed by atoms with Crippen LogP contribution in [0.3, 0.4) is 0 Å². The third kappa shape index (κ3) is 3.13. The summed E-state index contributed by atoms with van der Waals surface area (Å²) in [5.41, 5.74) is 6.17. The van der Waals surface area contributed by atoms with Gasteiger partial charge in [0.05, 0.1) is 17.4 Å². The standard InChI is InChI=1S/C21H22N6/c1-15-4-9-19-18(12-15)21(24-22-19)20-14-27(25-23-20)17-7-5-16(6-8-17)13-26-10-2-3-11-26/h4-9,12,14H,2-3,10-11,13H2,1H3,(H,22,24). The van der Waals surface area contributed by atoms with Gasteiger partial charge in [-0.2, -0.15) is 5.10 Å². The first-order valence-corrected chi connectivity index (χ1v) is 9.45. The molecule has 1 aliphatic rings.